The summed E-state index contributed by atoms with van der Waals surface area (Å²) >= 11 is 5.89. The highest BCUT2D eigenvalue weighted by Crippen LogP contribution is 2.29. The number of carbonyl (C=O) groups excluding carboxylic acids is 2. The second-order valence-corrected chi connectivity index (χ2v) is 7.17. The number of nitro benzene ring substituents is 1. The molecule has 0 spiro atoms. The molecule has 1 heterocycles. The minimum absolute atomic E-state index is 0.0802. The molecule has 8 nitrogen and oxygen atoms in total. The molecule has 1 saturated heterocycles. The highest BCUT2D eigenvalue weighted by Gasteiger charge is 2.24. The fraction of sp³-hybridized carbons (Fsp3) is 0.300. The zero-order valence-electron chi connectivity index (χ0n) is 15.8. The molecule has 0 saturated carbocycles. The van der Waals surface area contributed by atoms with E-state index in [-0.39, 0.29) is 11.3 Å². The number of halogens is 1. The third-order valence-corrected chi connectivity index (χ3v) is 4.89. The van der Waals surface area contributed by atoms with Crippen molar-refractivity contribution in [3.63, 3.8) is 0 Å². The van der Waals surface area contributed by atoms with Crippen molar-refractivity contribution >= 4 is 40.5 Å². The lowest BCUT2D eigenvalue weighted by atomic mass is 10.1. The van der Waals surface area contributed by atoms with Crippen molar-refractivity contribution in [2.45, 2.75) is 19.8 Å². The Bertz CT molecular complexity index is 957. The number of anilines is 2. The number of esters is 1. The summed E-state index contributed by atoms with van der Waals surface area (Å²) in [6.07, 6.45) is 1.96. The van der Waals surface area contributed by atoms with Crippen LogP contribution in [0.5, 0.6) is 0 Å². The maximum absolute atomic E-state index is 12.6. The second-order valence-electron chi connectivity index (χ2n) is 6.74. The summed E-state index contributed by atoms with van der Waals surface area (Å²) in [6, 6.07) is 9.11. The van der Waals surface area contributed by atoms with Gasteiger partial charge in [0.05, 0.1) is 16.2 Å². The van der Waals surface area contributed by atoms with Crippen LogP contribution in [-0.4, -0.2) is 36.5 Å². The largest absolute Gasteiger partial charge is 0.452 e. The number of nitrogens with one attached hydrogen (secondary N) is 1. The topological polar surface area (TPSA) is 102 Å². The molecule has 0 aromatic heterocycles. The van der Waals surface area contributed by atoms with Crippen LogP contribution in [0.1, 0.15) is 28.8 Å². The Morgan fingerprint density at radius 3 is 2.59 bits per heavy atom. The van der Waals surface area contributed by atoms with Crippen LogP contribution >= 0.6 is 11.6 Å². The quantitative estimate of drug-likeness (QED) is 0.433. The minimum Gasteiger partial charge on any atom is -0.452 e. The average Bonchev–Trinajstić information content (AvgIpc) is 3.22. The van der Waals surface area contributed by atoms with Gasteiger partial charge < -0.3 is 15.0 Å². The van der Waals surface area contributed by atoms with Crippen LogP contribution in [0.15, 0.2) is 36.4 Å². The summed E-state index contributed by atoms with van der Waals surface area (Å²) in [5.74, 6) is -1.30. The number of ether oxygens (including phenoxy) is 1. The van der Waals surface area contributed by atoms with Crippen LogP contribution in [-0.2, 0) is 9.53 Å². The van der Waals surface area contributed by atoms with Crippen molar-refractivity contribution in [2.75, 3.05) is 29.9 Å². The van der Waals surface area contributed by atoms with Crippen LogP contribution in [0.3, 0.4) is 0 Å². The van der Waals surface area contributed by atoms with E-state index in [0.717, 1.165) is 31.5 Å². The number of aryl methyl sites for hydroxylation is 1. The second kappa shape index (κ2) is 8.91. The van der Waals surface area contributed by atoms with Gasteiger partial charge in [-0.05, 0) is 49.6 Å². The molecule has 0 atom stereocenters. The normalized spacial score (nSPS) is 13.2. The monoisotopic (exact) mass is 417 g/mol. The average molecular weight is 418 g/mol. The number of non-ortho nitro benzene ring substituents is 1. The van der Waals surface area contributed by atoms with Crippen molar-refractivity contribution in [1.29, 1.82) is 0 Å². The van der Waals surface area contributed by atoms with E-state index >= 15 is 0 Å². The van der Waals surface area contributed by atoms with Gasteiger partial charge in [0.15, 0.2) is 6.61 Å². The Hall–Kier alpha value is -3.13. The van der Waals surface area contributed by atoms with Crippen molar-refractivity contribution in [3.8, 4) is 0 Å². The van der Waals surface area contributed by atoms with Crippen molar-refractivity contribution < 1.29 is 19.2 Å². The molecule has 1 amide bonds. The Balaban J connectivity index is 1.71. The first-order valence-corrected chi connectivity index (χ1v) is 9.49. The molecule has 9 heteroatoms. The summed E-state index contributed by atoms with van der Waals surface area (Å²) in [6.45, 7) is 2.80. The number of hydrogen-bond donors (Lipinski definition) is 1. The zero-order valence-corrected chi connectivity index (χ0v) is 16.6. The molecule has 3 rings (SSSR count). The predicted octanol–water partition coefficient (Wildman–Crippen LogP) is 3.95. The Labute approximate surface area is 172 Å². The summed E-state index contributed by atoms with van der Waals surface area (Å²) < 4.78 is 5.13. The van der Waals surface area contributed by atoms with Gasteiger partial charge in [-0.3, -0.25) is 14.9 Å². The van der Waals surface area contributed by atoms with E-state index in [0.29, 0.717) is 16.4 Å². The van der Waals surface area contributed by atoms with Crippen molar-refractivity contribution in [1.82, 2.24) is 0 Å². The van der Waals surface area contributed by atoms with Gasteiger partial charge >= 0.3 is 5.97 Å². The molecule has 1 aliphatic heterocycles. The lowest BCUT2D eigenvalue weighted by Crippen LogP contribution is -2.24. The molecule has 152 valence electrons. The maximum Gasteiger partial charge on any atom is 0.341 e. The highest BCUT2D eigenvalue weighted by atomic mass is 35.5. The first kappa shape index (κ1) is 20.6. The fourth-order valence-electron chi connectivity index (χ4n) is 3.20. The van der Waals surface area contributed by atoms with E-state index in [4.69, 9.17) is 16.3 Å². The zero-order chi connectivity index (χ0) is 21.0. The third kappa shape index (κ3) is 5.03. The van der Waals surface area contributed by atoms with Gasteiger partial charge in [0.1, 0.15) is 0 Å². The Kier molecular flexibility index (Phi) is 6.33. The molecule has 2 aromatic carbocycles. The Morgan fingerprint density at radius 1 is 1.21 bits per heavy atom. The van der Waals surface area contributed by atoms with Crippen LogP contribution in [0.2, 0.25) is 5.02 Å². The fourth-order valence-corrected chi connectivity index (χ4v) is 3.42. The van der Waals surface area contributed by atoms with Crippen LogP contribution in [0.4, 0.5) is 17.1 Å². The van der Waals surface area contributed by atoms with E-state index in [2.05, 4.69) is 5.32 Å². The first-order chi connectivity index (χ1) is 13.8. The highest BCUT2D eigenvalue weighted by molar-refractivity contribution is 6.30. The van der Waals surface area contributed by atoms with Crippen molar-refractivity contribution in [3.05, 3.63) is 62.7 Å². The van der Waals surface area contributed by atoms with E-state index < -0.39 is 23.4 Å². The number of nitrogens with zero attached hydrogens (tertiary/aromatic N) is 2. The van der Waals surface area contributed by atoms with Gasteiger partial charge in [0, 0.05) is 35.9 Å². The predicted molar refractivity (Wildman–Crippen MR) is 110 cm³/mol. The van der Waals surface area contributed by atoms with E-state index in [1.54, 1.807) is 31.2 Å². The van der Waals surface area contributed by atoms with Gasteiger partial charge in [0.25, 0.3) is 11.6 Å². The van der Waals surface area contributed by atoms with Gasteiger partial charge in [0.2, 0.25) is 0 Å². The lowest BCUT2D eigenvalue weighted by Gasteiger charge is -2.20. The van der Waals surface area contributed by atoms with Crippen LogP contribution in [0.25, 0.3) is 0 Å². The minimum atomic E-state index is -0.779. The van der Waals surface area contributed by atoms with Gasteiger partial charge in [-0.2, -0.15) is 0 Å². The smallest absolute Gasteiger partial charge is 0.341 e. The van der Waals surface area contributed by atoms with Crippen LogP contribution in [0, 0.1) is 17.0 Å². The molecule has 0 radical (unpaired) electrons. The SMILES string of the molecule is Cc1cc(Cl)ccc1NC(=O)COC(=O)c1cc([N+](=O)[O-])ccc1N1CCCC1. The Morgan fingerprint density at radius 2 is 1.93 bits per heavy atom. The molecule has 1 fully saturated rings. The molecular weight excluding hydrogens is 398 g/mol. The summed E-state index contributed by atoms with van der Waals surface area (Å²) in [5.41, 5.74) is 1.78. The standard InChI is InChI=1S/C20H20ClN3O5/c1-13-10-14(21)4-6-17(13)22-19(25)12-29-20(26)16-11-15(24(27)28)5-7-18(16)23-8-2-3-9-23/h4-7,10-11H,2-3,8-9,12H2,1H3,(H,22,25). The first-order valence-electron chi connectivity index (χ1n) is 9.11. The number of nitro groups is 1. The summed E-state index contributed by atoms with van der Waals surface area (Å²) in [5, 5.41) is 14.3. The number of amides is 1. The van der Waals surface area contributed by atoms with Crippen molar-refractivity contribution in [2.24, 2.45) is 0 Å². The number of carbonyl (C=O) groups is 2. The van der Waals surface area contributed by atoms with E-state index in [1.807, 2.05) is 4.90 Å². The summed E-state index contributed by atoms with van der Waals surface area (Å²) in [7, 11) is 0. The van der Waals surface area contributed by atoms with Gasteiger partial charge in [-0.15, -0.1) is 0 Å². The van der Waals surface area contributed by atoms with Gasteiger partial charge in [-0.1, -0.05) is 11.6 Å². The van der Waals surface area contributed by atoms with Crippen LogP contribution < -0.4 is 10.2 Å². The van der Waals surface area contributed by atoms with E-state index in [1.165, 1.54) is 12.1 Å². The molecule has 1 N–H and O–H groups in total. The third-order valence-electron chi connectivity index (χ3n) is 4.65. The number of hydrogen-bond acceptors (Lipinski definition) is 6. The molecule has 2 aromatic rings. The molecular formula is C20H20ClN3O5. The number of benzene rings is 2. The van der Waals surface area contributed by atoms with E-state index in [9.17, 15) is 19.7 Å². The molecule has 0 bridgehead atoms. The molecule has 0 unspecified atom stereocenters. The lowest BCUT2D eigenvalue weighted by molar-refractivity contribution is -0.384. The maximum atomic E-state index is 12.6. The molecule has 1 aliphatic rings. The number of rotatable bonds is 6. The molecule has 0 aliphatic carbocycles. The van der Waals surface area contributed by atoms with Gasteiger partial charge in [-0.25, -0.2) is 4.79 Å². The molecule has 29 heavy (non-hydrogen) atoms. The summed E-state index contributed by atoms with van der Waals surface area (Å²) in [4.78, 5) is 37.3.